The number of carbonyl (C=O) groups is 2. The van der Waals surface area contributed by atoms with Crippen LogP contribution in [0.2, 0.25) is 0 Å². The van der Waals surface area contributed by atoms with E-state index in [2.05, 4.69) is 9.88 Å². The smallest absolute Gasteiger partial charge is 0.309 e. The van der Waals surface area contributed by atoms with Crippen LogP contribution in [-0.2, 0) is 9.53 Å². The number of rotatable bonds is 4. The minimum absolute atomic E-state index is 0.00205. The van der Waals surface area contributed by atoms with E-state index >= 15 is 0 Å². The largest absolute Gasteiger partial charge is 0.466 e. The number of nitrogens with zero attached hydrogens (tertiary/aromatic N) is 3. The molecule has 3 rings (SSSR count). The van der Waals surface area contributed by atoms with Crippen LogP contribution in [0, 0.1) is 5.92 Å². The van der Waals surface area contributed by atoms with Crippen LogP contribution in [-0.4, -0.2) is 54.5 Å². The Morgan fingerprint density at radius 3 is 2.46 bits per heavy atom. The number of likely N-dealkylation sites (tertiary alicyclic amines) is 1. The summed E-state index contributed by atoms with van der Waals surface area (Å²) in [6.07, 6.45) is 5.43. The van der Waals surface area contributed by atoms with Gasteiger partial charge in [0.05, 0.1) is 18.1 Å². The molecule has 6 nitrogen and oxygen atoms in total. The van der Waals surface area contributed by atoms with Gasteiger partial charge in [0, 0.05) is 32.4 Å². The molecule has 2 aliphatic heterocycles. The van der Waals surface area contributed by atoms with Gasteiger partial charge in [0.15, 0.2) is 0 Å². The lowest BCUT2D eigenvalue weighted by atomic mass is 9.96. The lowest BCUT2D eigenvalue weighted by Gasteiger charge is -2.31. The van der Waals surface area contributed by atoms with Crippen molar-refractivity contribution < 1.29 is 14.3 Å². The lowest BCUT2D eigenvalue weighted by Crippen LogP contribution is -2.40. The maximum atomic E-state index is 12.6. The minimum Gasteiger partial charge on any atom is -0.466 e. The standard InChI is InChI=1S/C18H25N3O3/c1-2-24-18(23)14-7-11-21(12-8-14)17(22)15-5-6-16(19-13-15)20-9-3-4-10-20/h5-6,13-14H,2-4,7-12H2,1H3. The van der Waals surface area contributed by atoms with Gasteiger partial charge in [-0.3, -0.25) is 9.59 Å². The first-order valence-electron chi connectivity index (χ1n) is 8.86. The van der Waals surface area contributed by atoms with Crippen molar-refractivity contribution in [1.29, 1.82) is 0 Å². The van der Waals surface area contributed by atoms with Crippen LogP contribution in [0.3, 0.4) is 0 Å². The average Bonchev–Trinajstić information content (AvgIpc) is 3.16. The van der Waals surface area contributed by atoms with Crippen molar-refractivity contribution in [2.45, 2.75) is 32.6 Å². The quantitative estimate of drug-likeness (QED) is 0.791. The number of carbonyl (C=O) groups excluding carboxylic acids is 2. The molecule has 2 fully saturated rings. The summed E-state index contributed by atoms with van der Waals surface area (Å²) in [5.74, 6) is 0.730. The average molecular weight is 331 g/mol. The van der Waals surface area contributed by atoms with E-state index in [1.54, 1.807) is 6.20 Å². The molecule has 0 unspecified atom stereocenters. The molecule has 0 bridgehead atoms. The van der Waals surface area contributed by atoms with Crippen molar-refractivity contribution >= 4 is 17.7 Å². The predicted molar refractivity (Wildman–Crippen MR) is 90.9 cm³/mol. The number of amides is 1. The molecule has 0 N–H and O–H groups in total. The second-order valence-corrected chi connectivity index (χ2v) is 6.42. The van der Waals surface area contributed by atoms with Crippen molar-refractivity contribution in [2.75, 3.05) is 37.7 Å². The number of hydrogen-bond donors (Lipinski definition) is 0. The van der Waals surface area contributed by atoms with Gasteiger partial charge < -0.3 is 14.5 Å². The topological polar surface area (TPSA) is 62.7 Å². The summed E-state index contributed by atoms with van der Waals surface area (Å²) in [7, 11) is 0. The van der Waals surface area contributed by atoms with Crippen molar-refractivity contribution in [3.8, 4) is 0 Å². The van der Waals surface area contributed by atoms with Gasteiger partial charge in [0.2, 0.25) is 0 Å². The monoisotopic (exact) mass is 331 g/mol. The Morgan fingerprint density at radius 2 is 1.88 bits per heavy atom. The lowest BCUT2D eigenvalue weighted by molar-refractivity contribution is -0.149. The van der Waals surface area contributed by atoms with E-state index in [-0.39, 0.29) is 17.8 Å². The van der Waals surface area contributed by atoms with E-state index in [0.29, 0.717) is 38.1 Å². The Kier molecular flexibility index (Phi) is 5.33. The molecular weight excluding hydrogens is 306 g/mol. The number of pyridine rings is 1. The van der Waals surface area contributed by atoms with Gasteiger partial charge >= 0.3 is 5.97 Å². The summed E-state index contributed by atoms with van der Waals surface area (Å²) in [4.78, 5) is 32.9. The number of piperidine rings is 1. The number of anilines is 1. The first-order chi connectivity index (χ1) is 11.7. The Balaban J connectivity index is 1.56. The third-order valence-electron chi connectivity index (χ3n) is 4.83. The SMILES string of the molecule is CCOC(=O)C1CCN(C(=O)c2ccc(N3CCCC3)nc2)CC1. The third-order valence-corrected chi connectivity index (χ3v) is 4.83. The molecule has 2 saturated heterocycles. The minimum atomic E-state index is -0.138. The van der Waals surface area contributed by atoms with Gasteiger partial charge in [0.1, 0.15) is 5.82 Å². The van der Waals surface area contributed by atoms with Gasteiger partial charge in [-0.1, -0.05) is 0 Å². The highest BCUT2D eigenvalue weighted by Gasteiger charge is 2.28. The molecule has 0 radical (unpaired) electrons. The van der Waals surface area contributed by atoms with Gasteiger partial charge in [-0.2, -0.15) is 0 Å². The van der Waals surface area contributed by atoms with Crippen molar-refractivity contribution in [2.24, 2.45) is 5.92 Å². The molecule has 0 spiro atoms. The van der Waals surface area contributed by atoms with Crippen LogP contribution < -0.4 is 4.90 Å². The fraction of sp³-hybridized carbons (Fsp3) is 0.611. The Labute approximate surface area is 142 Å². The maximum Gasteiger partial charge on any atom is 0.309 e. The molecule has 0 aromatic carbocycles. The highest BCUT2D eigenvalue weighted by Crippen LogP contribution is 2.22. The second-order valence-electron chi connectivity index (χ2n) is 6.42. The summed E-state index contributed by atoms with van der Waals surface area (Å²) < 4.78 is 5.07. The van der Waals surface area contributed by atoms with Crippen LogP contribution in [0.25, 0.3) is 0 Å². The maximum absolute atomic E-state index is 12.6. The molecule has 1 amide bonds. The van der Waals surface area contributed by atoms with Crippen LogP contribution in [0.15, 0.2) is 18.3 Å². The molecule has 2 aliphatic rings. The zero-order chi connectivity index (χ0) is 16.9. The Morgan fingerprint density at radius 1 is 1.17 bits per heavy atom. The molecule has 3 heterocycles. The summed E-state index contributed by atoms with van der Waals surface area (Å²) in [5.41, 5.74) is 0.618. The molecule has 1 aromatic rings. The van der Waals surface area contributed by atoms with Crippen LogP contribution >= 0.6 is 0 Å². The van der Waals surface area contributed by atoms with E-state index in [0.717, 1.165) is 18.9 Å². The van der Waals surface area contributed by atoms with E-state index in [1.165, 1.54) is 12.8 Å². The summed E-state index contributed by atoms with van der Waals surface area (Å²) in [6, 6.07) is 3.80. The number of hydrogen-bond acceptors (Lipinski definition) is 5. The molecule has 1 aromatic heterocycles. The summed E-state index contributed by atoms with van der Waals surface area (Å²) in [5, 5.41) is 0. The van der Waals surface area contributed by atoms with Crippen molar-refractivity contribution in [1.82, 2.24) is 9.88 Å². The zero-order valence-corrected chi connectivity index (χ0v) is 14.2. The molecule has 24 heavy (non-hydrogen) atoms. The Hall–Kier alpha value is -2.11. The fourth-order valence-corrected chi connectivity index (χ4v) is 3.41. The molecule has 130 valence electrons. The molecule has 0 aliphatic carbocycles. The van der Waals surface area contributed by atoms with Crippen LogP contribution in [0.4, 0.5) is 5.82 Å². The van der Waals surface area contributed by atoms with Crippen molar-refractivity contribution in [3.63, 3.8) is 0 Å². The van der Waals surface area contributed by atoms with E-state index in [1.807, 2.05) is 24.0 Å². The molecule has 0 atom stereocenters. The van der Waals surface area contributed by atoms with Gasteiger partial charge in [-0.05, 0) is 44.7 Å². The Bertz CT molecular complexity index is 574. The predicted octanol–water partition coefficient (Wildman–Crippen LogP) is 2.10. The first kappa shape index (κ1) is 16.7. The van der Waals surface area contributed by atoms with Crippen LogP contribution in [0.1, 0.15) is 43.0 Å². The highest BCUT2D eigenvalue weighted by molar-refractivity contribution is 5.94. The van der Waals surface area contributed by atoms with Crippen LogP contribution in [0.5, 0.6) is 0 Å². The van der Waals surface area contributed by atoms with Gasteiger partial charge in [-0.15, -0.1) is 0 Å². The van der Waals surface area contributed by atoms with Gasteiger partial charge in [0.25, 0.3) is 5.91 Å². The number of aromatic nitrogens is 1. The first-order valence-corrected chi connectivity index (χ1v) is 8.86. The molecule has 0 saturated carbocycles. The van der Waals surface area contributed by atoms with Crippen molar-refractivity contribution in [3.05, 3.63) is 23.9 Å². The third kappa shape index (κ3) is 3.68. The number of ether oxygens (including phenoxy) is 1. The normalized spacial score (nSPS) is 18.7. The van der Waals surface area contributed by atoms with E-state index < -0.39 is 0 Å². The summed E-state index contributed by atoms with van der Waals surface area (Å²) in [6.45, 7) is 5.50. The second kappa shape index (κ2) is 7.64. The number of esters is 1. The van der Waals surface area contributed by atoms with E-state index in [9.17, 15) is 9.59 Å². The highest BCUT2D eigenvalue weighted by atomic mass is 16.5. The molecular formula is C18H25N3O3. The zero-order valence-electron chi connectivity index (χ0n) is 14.2. The molecule has 6 heteroatoms. The fourth-order valence-electron chi connectivity index (χ4n) is 3.41. The van der Waals surface area contributed by atoms with Gasteiger partial charge in [-0.25, -0.2) is 4.98 Å². The summed E-state index contributed by atoms with van der Waals surface area (Å²) >= 11 is 0. The van der Waals surface area contributed by atoms with E-state index in [4.69, 9.17) is 4.74 Å².